The zero-order valence-corrected chi connectivity index (χ0v) is 62.5. The highest BCUT2D eigenvalue weighted by atomic mass is 16.6. The lowest BCUT2D eigenvalue weighted by atomic mass is 9.79. The summed E-state index contributed by atoms with van der Waals surface area (Å²) in [6, 6.07) is 67.3. The average molecular weight is 1520 g/mol. The normalized spacial score (nSPS) is 19.4. The van der Waals surface area contributed by atoms with Gasteiger partial charge in [-0.2, -0.15) is 0 Å². The number of rotatable bonds is 2. The largest absolute Gasteiger partial charge is 0.491 e. The van der Waals surface area contributed by atoms with Crippen molar-refractivity contribution in [2.45, 2.75) is 37.5 Å². The molecule has 8 aromatic carbocycles. The highest BCUT2D eigenvalue weighted by Gasteiger charge is 2.81. The van der Waals surface area contributed by atoms with Gasteiger partial charge in [-0.25, -0.2) is 19.6 Å². The van der Waals surface area contributed by atoms with Gasteiger partial charge in [0.15, 0.2) is 11.3 Å². The molecule has 2 N–H and O–H groups in total. The first-order chi connectivity index (χ1) is 56.3. The van der Waals surface area contributed by atoms with Crippen molar-refractivity contribution in [2.75, 3.05) is 106 Å². The number of carbonyl (C=O) groups excluding carboxylic acids is 2. The van der Waals surface area contributed by atoms with E-state index in [1.54, 1.807) is 0 Å². The molecule has 22 nitrogen and oxygen atoms in total. The van der Waals surface area contributed by atoms with Crippen LogP contribution in [-0.2, 0) is 56.5 Å². The molecule has 4 amide bonds. The van der Waals surface area contributed by atoms with Gasteiger partial charge in [-0.3, -0.25) is 19.6 Å². The molecular weight excluding hydrogens is 1440 g/mol. The van der Waals surface area contributed by atoms with Gasteiger partial charge in [0.2, 0.25) is 0 Å². The molecule has 22 heteroatoms. The summed E-state index contributed by atoms with van der Waals surface area (Å²) in [5.74, 6) is 4.51. The standard InChI is InChI=1S/C92H80N8O14/c101-89-97-55-69-70-56-98-90(102)100-58-72-71(57-99(89)92(100,64-17-5-2-6-18-64)91(97,98)63-15-3-1-4-16-63)83-33-34-84(72)114-50-42-106-38-46-110-68-22-10-14-62(54-68)88-76-26-25-75(94-76)87(61-13-9-21-67(53-61)109-45-37-105-41-49-113-83)79-29-27-77(95-79)85-59-11-7-19-65(51-59)107-43-35-103-39-47-111-81(69)31-32-82(70)112-48-40-104-36-44-108-66-20-8-12-60(52-66)86(74-24-23-73(85)93-74)78-28-30-80(88)96-78/h1-34,51-54,93-94H,35-50,55-58H2. The van der Waals surface area contributed by atoms with Crippen molar-refractivity contribution in [3.63, 3.8) is 0 Å². The summed E-state index contributed by atoms with van der Waals surface area (Å²) in [6.45, 7) is 3.10. The lowest BCUT2D eigenvalue weighted by Gasteiger charge is -2.49. The Hall–Kier alpha value is -12.9. The zero-order valence-electron chi connectivity index (χ0n) is 62.5. The molecule has 0 saturated carbocycles. The third-order valence-corrected chi connectivity index (χ3v) is 22.5. The maximum absolute atomic E-state index is 17.0. The molecule has 2 fully saturated rings. The fourth-order valence-corrected chi connectivity index (χ4v) is 17.7. The Morgan fingerprint density at radius 3 is 0.789 bits per heavy atom. The molecule has 11 aromatic rings. The lowest BCUT2D eigenvalue weighted by molar-refractivity contribution is -0.0796. The number of hydrogen-bond donors (Lipinski definition) is 2. The van der Waals surface area contributed by atoms with Gasteiger partial charge in [0, 0.05) is 77.7 Å². The van der Waals surface area contributed by atoms with E-state index in [2.05, 4.69) is 82.8 Å². The second-order valence-electron chi connectivity index (χ2n) is 28.9. The molecule has 114 heavy (non-hydrogen) atoms. The molecule has 3 aromatic heterocycles. The Bertz CT molecular complexity index is 5180. The molecule has 10 aliphatic heterocycles. The van der Waals surface area contributed by atoms with Crippen molar-refractivity contribution in [3.8, 4) is 90.5 Å². The fraction of sp³-hybridized carbons (Fsp3) is 0.239. The van der Waals surface area contributed by atoms with E-state index < -0.39 is 11.3 Å². The van der Waals surface area contributed by atoms with Crippen LogP contribution in [0.25, 0.3) is 90.9 Å². The van der Waals surface area contributed by atoms with E-state index in [1.807, 2.05) is 177 Å². The minimum absolute atomic E-state index is 0.00568. The van der Waals surface area contributed by atoms with Crippen LogP contribution in [0, 0.1) is 0 Å². The maximum Gasteiger partial charge on any atom is 0.325 e. The predicted molar refractivity (Wildman–Crippen MR) is 430 cm³/mol. The van der Waals surface area contributed by atoms with Gasteiger partial charge in [0.1, 0.15) is 98.9 Å². The molecule has 0 radical (unpaired) electrons. The molecule has 572 valence electrons. The lowest BCUT2D eigenvalue weighted by Crippen LogP contribution is -2.62. The van der Waals surface area contributed by atoms with Crippen LogP contribution in [-0.4, -0.2) is 157 Å². The third kappa shape index (κ3) is 12.3. The van der Waals surface area contributed by atoms with Gasteiger partial charge in [-0.05, 0) is 144 Å². The summed E-state index contributed by atoms with van der Waals surface area (Å²) < 4.78 is 79.4. The van der Waals surface area contributed by atoms with Gasteiger partial charge in [-0.15, -0.1) is 0 Å². The second-order valence-corrected chi connectivity index (χ2v) is 28.9. The van der Waals surface area contributed by atoms with Crippen LogP contribution in [0.3, 0.4) is 0 Å². The molecule has 10 aliphatic rings. The van der Waals surface area contributed by atoms with E-state index in [9.17, 15) is 0 Å². The Kier molecular flexibility index (Phi) is 18.5. The minimum atomic E-state index is -1.56. The van der Waals surface area contributed by atoms with E-state index in [0.717, 1.165) is 77.7 Å². The SMILES string of the molecule is O=C1N2Cc3c4ccc5c3CN3C(=O)N6Cc7c8ccc(c7CN1C6(c1ccccc1)C23c1ccccc1)OCCOCCOc1cccc(c1)-c1c2nc(c(c3ccc([nH]3)c(c3nc(c(c6ccc1[nH]6)-c1cccc(c1)OCCOCCO8)C=C3)-c1cccc(c1)OCCOCCO5)-c1cccc(c1)OCCOCCO4)C=C2. The molecule has 0 aliphatic carbocycles. The van der Waals surface area contributed by atoms with Crippen LogP contribution >= 0.6 is 0 Å². The summed E-state index contributed by atoms with van der Waals surface area (Å²) >= 11 is 0. The highest BCUT2D eigenvalue weighted by molar-refractivity contribution is 6.01. The molecule has 0 atom stereocenters. The number of H-pyrrole nitrogens is 2. The van der Waals surface area contributed by atoms with Gasteiger partial charge < -0.3 is 66.8 Å². The van der Waals surface area contributed by atoms with Crippen LogP contribution in [0.1, 0.15) is 56.2 Å². The van der Waals surface area contributed by atoms with Crippen LogP contribution in [0.4, 0.5) is 9.59 Å². The van der Waals surface area contributed by atoms with Crippen LogP contribution < -0.4 is 37.9 Å². The number of carbonyl (C=O) groups is 2. The van der Waals surface area contributed by atoms with Gasteiger partial charge >= 0.3 is 12.1 Å². The van der Waals surface area contributed by atoms with Crippen LogP contribution in [0.2, 0.25) is 0 Å². The van der Waals surface area contributed by atoms with Crippen molar-refractivity contribution in [3.05, 3.63) is 262 Å². The smallest absolute Gasteiger partial charge is 0.325 e. The molecule has 0 unspecified atom stereocenters. The number of fused-ring (bicyclic) bond motifs is 30. The highest BCUT2D eigenvalue weighted by Crippen LogP contribution is 2.66. The first-order valence-corrected chi connectivity index (χ1v) is 38.8. The summed E-state index contributed by atoms with van der Waals surface area (Å²) in [6.07, 6.45) is 8.29. The number of benzene rings is 8. The van der Waals surface area contributed by atoms with E-state index in [1.165, 1.54) is 0 Å². The van der Waals surface area contributed by atoms with Gasteiger partial charge in [0.05, 0.1) is 102 Å². The van der Waals surface area contributed by atoms with E-state index >= 15 is 9.59 Å². The van der Waals surface area contributed by atoms with E-state index in [4.69, 9.17) is 66.8 Å². The molecule has 24 bridgehead atoms. The first-order valence-electron chi connectivity index (χ1n) is 38.8. The molecule has 0 spiro atoms. The monoisotopic (exact) mass is 1520 g/mol. The average Bonchev–Trinajstić information content (AvgIpc) is 1.47. The Morgan fingerprint density at radius 1 is 0.272 bits per heavy atom. The summed E-state index contributed by atoms with van der Waals surface area (Å²) in [7, 11) is 0. The van der Waals surface area contributed by atoms with Crippen molar-refractivity contribution >= 4 is 58.4 Å². The molecule has 21 rings (SSSR count). The van der Waals surface area contributed by atoms with Crippen LogP contribution in [0.15, 0.2) is 206 Å². The van der Waals surface area contributed by atoms with E-state index in [-0.39, 0.29) is 144 Å². The number of amides is 4. The minimum Gasteiger partial charge on any atom is -0.491 e. The Labute approximate surface area is 657 Å². The maximum atomic E-state index is 17.0. The number of urea groups is 2. The number of nitrogens with one attached hydrogen (secondary N) is 2. The molecular formula is C92H80N8O14. The second kappa shape index (κ2) is 30.0. The first kappa shape index (κ1) is 70.3. The van der Waals surface area contributed by atoms with Gasteiger partial charge in [0.25, 0.3) is 0 Å². The summed E-state index contributed by atoms with van der Waals surface area (Å²) in [4.78, 5) is 60.6. The molecule has 13 heterocycles. The van der Waals surface area contributed by atoms with Crippen molar-refractivity contribution < 1.29 is 66.4 Å². The topological polar surface area (TPSA) is 215 Å². The summed E-state index contributed by atoms with van der Waals surface area (Å²) in [5.41, 5.74) is 13.7. The summed E-state index contributed by atoms with van der Waals surface area (Å²) in [5, 5.41) is 0. The number of nitrogens with zero attached hydrogens (tertiary/aromatic N) is 6. The molecule has 2 saturated heterocycles. The predicted octanol–water partition coefficient (Wildman–Crippen LogP) is 16.1. The zero-order chi connectivity index (χ0) is 76.1. The number of aromatic nitrogens is 4. The van der Waals surface area contributed by atoms with E-state index in [0.29, 0.717) is 91.0 Å². The quantitative estimate of drug-likeness (QED) is 0.154. The van der Waals surface area contributed by atoms with Crippen molar-refractivity contribution in [2.24, 2.45) is 0 Å². The van der Waals surface area contributed by atoms with Crippen LogP contribution in [0.5, 0.6) is 46.0 Å². The Balaban J connectivity index is 0.798. The Morgan fingerprint density at radius 2 is 0.526 bits per heavy atom. The fourth-order valence-electron chi connectivity index (χ4n) is 17.7. The van der Waals surface area contributed by atoms with Gasteiger partial charge in [-0.1, -0.05) is 109 Å². The number of aromatic amines is 2. The van der Waals surface area contributed by atoms with Crippen molar-refractivity contribution in [1.82, 2.24) is 39.5 Å². The van der Waals surface area contributed by atoms with Crippen molar-refractivity contribution in [1.29, 1.82) is 0 Å². The number of ether oxygens (including phenoxy) is 12. The number of hydrogen-bond acceptors (Lipinski definition) is 16. The third-order valence-electron chi connectivity index (χ3n) is 22.5.